The molecule has 0 bridgehead atoms. The Morgan fingerprint density at radius 2 is 2.20 bits per heavy atom. The van der Waals surface area contributed by atoms with Gasteiger partial charge in [0.2, 0.25) is 0 Å². The molecule has 0 saturated heterocycles. The second kappa shape index (κ2) is 5.62. The zero-order valence-corrected chi connectivity index (χ0v) is 10.7. The molecule has 0 atom stereocenters. The van der Waals surface area contributed by atoms with Gasteiger partial charge in [0.1, 0.15) is 0 Å². The number of amides is 1. The van der Waals surface area contributed by atoms with E-state index in [9.17, 15) is 18.0 Å². The molecular formula is C13H14F3N3O. The number of pyridine rings is 1. The predicted octanol–water partition coefficient (Wildman–Crippen LogP) is 1.87. The first-order chi connectivity index (χ1) is 9.41. The van der Waals surface area contributed by atoms with Crippen molar-refractivity contribution in [2.24, 2.45) is 5.73 Å². The van der Waals surface area contributed by atoms with E-state index in [0.29, 0.717) is 11.3 Å². The molecule has 108 valence electrons. The summed E-state index contributed by atoms with van der Waals surface area (Å²) >= 11 is 0. The largest absolute Gasteiger partial charge is 0.412 e. The maximum atomic E-state index is 12.5. The minimum atomic E-state index is -4.31. The molecule has 1 aromatic heterocycles. The van der Waals surface area contributed by atoms with Gasteiger partial charge in [-0.25, -0.2) is 0 Å². The van der Waals surface area contributed by atoms with Crippen molar-refractivity contribution in [2.45, 2.75) is 19.1 Å². The van der Waals surface area contributed by atoms with E-state index in [1.807, 2.05) is 0 Å². The first-order valence-corrected chi connectivity index (χ1v) is 6.12. The summed E-state index contributed by atoms with van der Waals surface area (Å²) in [6, 6.07) is 3.09. The Hall–Kier alpha value is -1.89. The van der Waals surface area contributed by atoms with Crippen molar-refractivity contribution in [3.8, 4) is 0 Å². The second-order valence-electron chi connectivity index (χ2n) is 4.47. The van der Waals surface area contributed by atoms with Crippen LogP contribution in [0, 0.1) is 0 Å². The number of hydrogen-bond acceptors (Lipinski definition) is 3. The quantitative estimate of drug-likeness (QED) is 0.844. The molecule has 0 fully saturated rings. The van der Waals surface area contributed by atoms with E-state index in [-0.39, 0.29) is 32.0 Å². The van der Waals surface area contributed by atoms with Crippen molar-refractivity contribution < 1.29 is 18.0 Å². The third-order valence-electron chi connectivity index (χ3n) is 3.13. The molecule has 2 rings (SSSR count). The smallest absolute Gasteiger partial charge is 0.335 e. The second-order valence-corrected chi connectivity index (χ2v) is 4.47. The van der Waals surface area contributed by atoms with Gasteiger partial charge in [-0.05, 0) is 18.6 Å². The van der Waals surface area contributed by atoms with E-state index in [2.05, 4.69) is 4.98 Å². The average Bonchev–Trinajstić information content (AvgIpc) is 2.46. The predicted molar refractivity (Wildman–Crippen MR) is 66.8 cm³/mol. The topological polar surface area (TPSA) is 59.2 Å². The summed E-state index contributed by atoms with van der Waals surface area (Å²) in [4.78, 5) is 17.5. The van der Waals surface area contributed by atoms with Crippen molar-refractivity contribution in [1.29, 1.82) is 0 Å². The van der Waals surface area contributed by atoms with Crippen LogP contribution in [0.1, 0.15) is 22.5 Å². The van der Waals surface area contributed by atoms with Gasteiger partial charge in [0.25, 0.3) is 5.91 Å². The van der Waals surface area contributed by atoms with Crippen LogP contribution in [-0.2, 0) is 6.54 Å². The first kappa shape index (κ1) is 14.5. The molecule has 0 spiro atoms. The average molecular weight is 285 g/mol. The van der Waals surface area contributed by atoms with Crippen LogP contribution >= 0.6 is 0 Å². The molecule has 2 heterocycles. The van der Waals surface area contributed by atoms with Gasteiger partial charge in [0.05, 0.1) is 5.69 Å². The lowest BCUT2D eigenvalue weighted by Gasteiger charge is -2.27. The van der Waals surface area contributed by atoms with Crippen LogP contribution in [0.2, 0.25) is 0 Å². The van der Waals surface area contributed by atoms with E-state index >= 15 is 0 Å². The third-order valence-corrected chi connectivity index (χ3v) is 3.13. The van der Waals surface area contributed by atoms with Crippen LogP contribution in [-0.4, -0.2) is 35.1 Å². The Labute approximate surface area is 114 Å². The summed E-state index contributed by atoms with van der Waals surface area (Å²) in [5.41, 5.74) is 5.83. The SMILES string of the molecule is NCc1cc(C(=O)N2CC=C(C(F)(F)F)CC2)ccn1. The number of alkyl halides is 3. The lowest BCUT2D eigenvalue weighted by atomic mass is 10.1. The standard InChI is InChI=1S/C13H14F3N3O/c14-13(15,16)10-2-5-19(6-3-10)12(20)9-1-4-18-11(7-9)8-17/h1-2,4,7H,3,5-6,8,17H2. The van der Waals surface area contributed by atoms with Gasteiger partial charge in [-0.1, -0.05) is 6.08 Å². The molecule has 1 aromatic rings. The van der Waals surface area contributed by atoms with Crippen LogP contribution in [0.4, 0.5) is 13.2 Å². The third kappa shape index (κ3) is 3.16. The molecule has 0 aromatic carbocycles. The van der Waals surface area contributed by atoms with Crippen LogP contribution < -0.4 is 5.73 Å². The minimum absolute atomic E-state index is 0.0338. The number of rotatable bonds is 2. The number of halogens is 3. The molecule has 0 aliphatic carbocycles. The zero-order valence-electron chi connectivity index (χ0n) is 10.7. The van der Waals surface area contributed by atoms with E-state index < -0.39 is 11.7 Å². The van der Waals surface area contributed by atoms with E-state index in [4.69, 9.17) is 5.73 Å². The minimum Gasteiger partial charge on any atom is -0.335 e. The van der Waals surface area contributed by atoms with E-state index in [0.717, 1.165) is 6.08 Å². The molecule has 1 amide bonds. The number of nitrogens with two attached hydrogens (primary N) is 1. The number of hydrogen-bond donors (Lipinski definition) is 1. The van der Waals surface area contributed by atoms with Gasteiger partial charge in [0, 0.05) is 37.0 Å². The lowest BCUT2D eigenvalue weighted by Crippen LogP contribution is -2.36. The lowest BCUT2D eigenvalue weighted by molar-refractivity contribution is -0.0957. The van der Waals surface area contributed by atoms with Gasteiger partial charge >= 0.3 is 6.18 Å². The van der Waals surface area contributed by atoms with Crippen LogP contribution in [0.15, 0.2) is 30.0 Å². The van der Waals surface area contributed by atoms with Gasteiger partial charge in [-0.3, -0.25) is 9.78 Å². The molecule has 0 unspecified atom stereocenters. The molecule has 0 saturated carbocycles. The van der Waals surface area contributed by atoms with Crippen LogP contribution in [0.5, 0.6) is 0 Å². The molecule has 7 heteroatoms. The Morgan fingerprint density at radius 1 is 1.45 bits per heavy atom. The van der Waals surface area contributed by atoms with Gasteiger partial charge < -0.3 is 10.6 Å². The highest BCUT2D eigenvalue weighted by molar-refractivity contribution is 5.94. The summed E-state index contributed by atoms with van der Waals surface area (Å²) in [5.74, 6) is -0.306. The van der Waals surface area contributed by atoms with Crippen LogP contribution in [0.25, 0.3) is 0 Å². The normalized spacial score (nSPS) is 16.0. The van der Waals surface area contributed by atoms with Crippen molar-refractivity contribution in [3.05, 3.63) is 41.2 Å². The van der Waals surface area contributed by atoms with Gasteiger partial charge in [0.15, 0.2) is 0 Å². The van der Waals surface area contributed by atoms with Crippen molar-refractivity contribution in [1.82, 2.24) is 9.88 Å². The maximum Gasteiger partial charge on any atom is 0.412 e. The number of nitrogens with zero attached hydrogens (tertiary/aromatic N) is 2. The van der Waals surface area contributed by atoms with Crippen LogP contribution in [0.3, 0.4) is 0 Å². The zero-order chi connectivity index (χ0) is 14.8. The van der Waals surface area contributed by atoms with E-state index in [1.165, 1.54) is 17.2 Å². The van der Waals surface area contributed by atoms with Crippen molar-refractivity contribution >= 4 is 5.91 Å². The molecule has 2 N–H and O–H groups in total. The van der Waals surface area contributed by atoms with Gasteiger partial charge in [-0.2, -0.15) is 13.2 Å². The summed E-state index contributed by atoms with van der Waals surface area (Å²) in [7, 11) is 0. The van der Waals surface area contributed by atoms with Gasteiger partial charge in [-0.15, -0.1) is 0 Å². The highest BCUT2D eigenvalue weighted by Gasteiger charge is 2.35. The summed E-state index contributed by atoms with van der Waals surface area (Å²) < 4.78 is 37.5. The highest BCUT2D eigenvalue weighted by atomic mass is 19.4. The first-order valence-electron chi connectivity index (χ1n) is 6.12. The number of carbonyl (C=O) groups excluding carboxylic acids is 1. The fraction of sp³-hybridized carbons (Fsp3) is 0.385. The maximum absolute atomic E-state index is 12.5. The molecule has 0 radical (unpaired) electrons. The fourth-order valence-corrected chi connectivity index (χ4v) is 2.02. The molecule has 1 aliphatic rings. The Bertz CT molecular complexity index is 540. The Morgan fingerprint density at radius 3 is 2.75 bits per heavy atom. The Kier molecular flexibility index (Phi) is 4.08. The fourth-order valence-electron chi connectivity index (χ4n) is 2.02. The summed E-state index contributed by atoms with van der Waals surface area (Å²) in [6.45, 7) is 0.234. The molecule has 1 aliphatic heterocycles. The van der Waals surface area contributed by atoms with Crippen molar-refractivity contribution in [3.63, 3.8) is 0 Å². The number of aromatic nitrogens is 1. The van der Waals surface area contributed by atoms with Crippen molar-refractivity contribution in [2.75, 3.05) is 13.1 Å². The highest BCUT2D eigenvalue weighted by Crippen LogP contribution is 2.30. The number of carbonyl (C=O) groups is 1. The molecule has 4 nitrogen and oxygen atoms in total. The Balaban J connectivity index is 2.10. The molecule has 20 heavy (non-hydrogen) atoms. The summed E-state index contributed by atoms with van der Waals surface area (Å²) in [5, 5.41) is 0. The molecular weight excluding hydrogens is 271 g/mol. The summed E-state index contributed by atoms with van der Waals surface area (Å²) in [6.07, 6.45) is -1.95. The monoisotopic (exact) mass is 285 g/mol. The van der Waals surface area contributed by atoms with E-state index in [1.54, 1.807) is 6.07 Å².